The van der Waals surface area contributed by atoms with Crippen LogP contribution in [0.5, 0.6) is 0 Å². The number of amides is 3. The molecule has 3 aromatic heterocycles. The molecule has 0 aromatic carbocycles. The summed E-state index contributed by atoms with van der Waals surface area (Å²) in [5.41, 5.74) is 2.86. The first-order chi connectivity index (χ1) is 16.2. The number of fused-ring (bicyclic) bond motifs is 2. The molecule has 0 unspecified atom stereocenters. The summed E-state index contributed by atoms with van der Waals surface area (Å²) in [6, 6.07) is 7.17. The maximum Gasteiger partial charge on any atom is 0.319 e. The van der Waals surface area contributed by atoms with E-state index in [1.807, 2.05) is 12.1 Å². The van der Waals surface area contributed by atoms with Gasteiger partial charge in [-0.15, -0.1) is 10.2 Å². The maximum absolute atomic E-state index is 13.0. The van der Waals surface area contributed by atoms with Gasteiger partial charge in [-0.25, -0.2) is 9.78 Å². The molecule has 10 heteroatoms. The number of nitrogens with zero attached hydrogens (tertiary/aromatic N) is 7. The van der Waals surface area contributed by atoms with Crippen molar-refractivity contribution in [2.75, 3.05) is 26.0 Å². The van der Waals surface area contributed by atoms with E-state index in [0.717, 1.165) is 29.8 Å². The molecule has 10 nitrogen and oxygen atoms in total. The Morgan fingerprint density at radius 3 is 2.74 bits per heavy atom. The molecular formula is C24H28N8O2. The van der Waals surface area contributed by atoms with E-state index in [1.165, 1.54) is 0 Å². The summed E-state index contributed by atoms with van der Waals surface area (Å²) in [4.78, 5) is 37.6. The lowest BCUT2D eigenvalue weighted by Gasteiger charge is -2.31. The molecule has 0 saturated carbocycles. The highest BCUT2D eigenvalue weighted by Gasteiger charge is 2.34. The largest absolute Gasteiger partial charge is 0.331 e. The van der Waals surface area contributed by atoms with E-state index >= 15 is 0 Å². The van der Waals surface area contributed by atoms with Crippen molar-refractivity contribution in [3.8, 4) is 11.5 Å². The topological polar surface area (TPSA) is 109 Å². The minimum atomic E-state index is -0.352. The van der Waals surface area contributed by atoms with Gasteiger partial charge in [0.25, 0.3) is 5.91 Å². The Balaban J connectivity index is 1.36. The van der Waals surface area contributed by atoms with E-state index in [4.69, 9.17) is 0 Å². The summed E-state index contributed by atoms with van der Waals surface area (Å²) in [7, 11) is 3.47. The van der Waals surface area contributed by atoms with Gasteiger partial charge in [-0.05, 0) is 56.0 Å². The van der Waals surface area contributed by atoms with Crippen LogP contribution in [0.3, 0.4) is 0 Å². The Hall–Kier alpha value is -3.82. The summed E-state index contributed by atoms with van der Waals surface area (Å²) in [6.07, 6.45) is 4.33. The third kappa shape index (κ3) is 3.89. The van der Waals surface area contributed by atoms with E-state index < -0.39 is 0 Å². The number of carbonyl (C=O) groups is 2. The van der Waals surface area contributed by atoms with Gasteiger partial charge in [0.1, 0.15) is 23.0 Å². The smallest absolute Gasteiger partial charge is 0.319 e. The van der Waals surface area contributed by atoms with Gasteiger partial charge < -0.3 is 19.7 Å². The molecule has 0 spiro atoms. The summed E-state index contributed by atoms with van der Waals surface area (Å²) >= 11 is 0. The molecule has 0 radical (unpaired) electrons. The molecule has 2 aliphatic rings. The van der Waals surface area contributed by atoms with Crippen LogP contribution in [0.4, 0.5) is 10.6 Å². The lowest BCUT2D eigenvalue weighted by Crippen LogP contribution is -2.42. The molecule has 0 fully saturated rings. The molecule has 3 aromatic rings. The molecular weight excluding hydrogens is 432 g/mol. The number of aromatic nitrogens is 5. The number of aryl methyl sites for hydroxylation is 1. The second-order valence-electron chi connectivity index (χ2n) is 9.64. The van der Waals surface area contributed by atoms with Gasteiger partial charge in [0.15, 0.2) is 5.82 Å². The van der Waals surface area contributed by atoms with Crippen LogP contribution in [0.15, 0.2) is 30.5 Å². The SMILES string of the molecule is CN(C)C(=O)N1CCc2cnc(C(=O)Nc3cccc(-c4nnc5n4C(C)(C)CC5)n3)cc2C1. The van der Waals surface area contributed by atoms with Crippen LogP contribution < -0.4 is 5.32 Å². The van der Waals surface area contributed by atoms with Crippen molar-refractivity contribution in [2.45, 2.75) is 45.2 Å². The van der Waals surface area contributed by atoms with Crippen molar-refractivity contribution in [2.24, 2.45) is 0 Å². The van der Waals surface area contributed by atoms with Crippen molar-refractivity contribution < 1.29 is 9.59 Å². The number of urea groups is 1. The van der Waals surface area contributed by atoms with E-state index in [9.17, 15) is 9.59 Å². The normalized spacial score (nSPS) is 16.1. The molecule has 2 aliphatic heterocycles. The first-order valence-corrected chi connectivity index (χ1v) is 11.4. The Morgan fingerprint density at radius 1 is 1.12 bits per heavy atom. The van der Waals surface area contributed by atoms with Gasteiger partial charge in [-0.2, -0.15) is 0 Å². The lowest BCUT2D eigenvalue weighted by molar-refractivity contribution is 0.102. The van der Waals surface area contributed by atoms with Gasteiger partial charge in [0.05, 0.1) is 0 Å². The number of pyridine rings is 2. The van der Waals surface area contributed by atoms with Crippen LogP contribution in [-0.4, -0.2) is 67.1 Å². The standard InChI is InChI=1S/C24H28N8O2/c1-24(2)10-8-20-28-29-21(32(20)24)17-6-5-7-19(26-17)27-22(33)18-12-16-14-31(23(34)30(3)4)11-9-15(16)13-25-18/h5-7,12-13H,8-11,14H2,1-4H3,(H,26,27,33). The minimum absolute atomic E-state index is 0.0439. The third-order valence-electron chi connectivity index (χ3n) is 6.50. The Bertz CT molecular complexity index is 1280. The number of hydrogen-bond acceptors (Lipinski definition) is 6. The number of carbonyl (C=O) groups excluding carboxylic acids is 2. The third-order valence-corrected chi connectivity index (χ3v) is 6.50. The van der Waals surface area contributed by atoms with Crippen LogP contribution in [0.1, 0.15) is 47.7 Å². The summed E-state index contributed by atoms with van der Waals surface area (Å²) < 4.78 is 2.13. The minimum Gasteiger partial charge on any atom is -0.331 e. The quantitative estimate of drug-likeness (QED) is 0.644. The predicted molar refractivity (Wildman–Crippen MR) is 126 cm³/mol. The number of nitrogens with one attached hydrogen (secondary N) is 1. The fourth-order valence-corrected chi connectivity index (χ4v) is 4.63. The first kappa shape index (κ1) is 22.0. The highest BCUT2D eigenvalue weighted by atomic mass is 16.2. The van der Waals surface area contributed by atoms with Crippen molar-refractivity contribution in [1.29, 1.82) is 0 Å². The van der Waals surface area contributed by atoms with Crippen molar-refractivity contribution in [1.82, 2.24) is 34.5 Å². The van der Waals surface area contributed by atoms with Gasteiger partial charge >= 0.3 is 6.03 Å². The summed E-state index contributed by atoms with van der Waals surface area (Å²) in [5.74, 6) is 1.72. The fourth-order valence-electron chi connectivity index (χ4n) is 4.63. The molecule has 0 bridgehead atoms. The van der Waals surface area contributed by atoms with Crippen LogP contribution in [0.2, 0.25) is 0 Å². The molecule has 176 valence electrons. The monoisotopic (exact) mass is 460 g/mol. The Morgan fingerprint density at radius 2 is 1.94 bits per heavy atom. The lowest BCUT2D eigenvalue weighted by atomic mass is 10.0. The van der Waals surface area contributed by atoms with E-state index in [0.29, 0.717) is 36.8 Å². The molecule has 0 atom stereocenters. The van der Waals surface area contributed by atoms with E-state index in [2.05, 4.69) is 43.9 Å². The van der Waals surface area contributed by atoms with Crippen LogP contribution >= 0.6 is 0 Å². The second-order valence-corrected chi connectivity index (χ2v) is 9.64. The fraction of sp³-hybridized carbons (Fsp3) is 0.417. The summed E-state index contributed by atoms with van der Waals surface area (Å²) in [5, 5.41) is 11.5. The van der Waals surface area contributed by atoms with Gasteiger partial charge in [0, 0.05) is 45.3 Å². The highest BCUT2D eigenvalue weighted by Crippen LogP contribution is 2.34. The zero-order valence-corrected chi connectivity index (χ0v) is 19.9. The molecule has 3 amide bonds. The predicted octanol–water partition coefficient (Wildman–Crippen LogP) is 2.71. The Kier molecular flexibility index (Phi) is 5.30. The maximum atomic E-state index is 13.0. The van der Waals surface area contributed by atoms with Gasteiger partial charge in [-0.1, -0.05) is 6.07 Å². The number of anilines is 1. The van der Waals surface area contributed by atoms with Crippen LogP contribution in [0.25, 0.3) is 11.5 Å². The van der Waals surface area contributed by atoms with Crippen LogP contribution in [-0.2, 0) is 24.9 Å². The van der Waals surface area contributed by atoms with Crippen LogP contribution in [0, 0.1) is 0 Å². The van der Waals surface area contributed by atoms with E-state index in [-0.39, 0.29) is 23.2 Å². The summed E-state index contributed by atoms with van der Waals surface area (Å²) in [6.45, 7) is 5.42. The van der Waals surface area contributed by atoms with Gasteiger partial charge in [-0.3, -0.25) is 9.78 Å². The van der Waals surface area contributed by atoms with Crippen molar-refractivity contribution in [3.63, 3.8) is 0 Å². The zero-order valence-electron chi connectivity index (χ0n) is 19.9. The molecule has 0 saturated heterocycles. The van der Waals surface area contributed by atoms with Gasteiger partial charge in [0.2, 0.25) is 0 Å². The highest BCUT2D eigenvalue weighted by molar-refractivity contribution is 6.02. The zero-order chi connectivity index (χ0) is 24.0. The molecule has 5 rings (SSSR count). The van der Waals surface area contributed by atoms with Crippen molar-refractivity contribution in [3.05, 3.63) is 53.1 Å². The Labute approximate surface area is 198 Å². The average molecular weight is 461 g/mol. The van der Waals surface area contributed by atoms with Crippen molar-refractivity contribution >= 4 is 17.8 Å². The number of hydrogen-bond donors (Lipinski definition) is 1. The molecule has 0 aliphatic carbocycles. The average Bonchev–Trinajstić information content (AvgIpc) is 3.39. The van der Waals surface area contributed by atoms with E-state index in [1.54, 1.807) is 42.2 Å². The molecule has 34 heavy (non-hydrogen) atoms. The molecule has 1 N–H and O–H groups in total. The molecule has 5 heterocycles. The first-order valence-electron chi connectivity index (χ1n) is 11.4. The number of rotatable bonds is 3. The second kappa shape index (κ2) is 8.19.